The van der Waals surface area contributed by atoms with E-state index >= 15 is 0 Å². The number of aromatic nitrogens is 1. The summed E-state index contributed by atoms with van der Waals surface area (Å²) >= 11 is 0. The largest absolute Gasteiger partial charge is 0.321 e. The van der Waals surface area contributed by atoms with Crippen molar-refractivity contribution in [2.45, 2.75) is 39.7 Å². The molecule has 0 saturated heterocycles. The van der Waals surface area contributed by atoms with Crippen molar-refractivity contribution >= 4 is 21.4 Å². The molecule has 1 aromatic rings. The number of amides is 1. The quantitative estimate of drug-likeness (QED) is 0.786. The molecule has 0 unspecified atom stereocenters. The standard InChI is InChI=1S/C15H24N2O4S/c1-4-5-7-12(2)14(18)16-13-8-6-9-17(15(13)19)10-11-22(3,20)21/h6,8-9,12H,4-5,7,10-11H2,1-3H3,(H,16,18)/t12-/m1/s1. The number of hydrogen-bond acceptors (Lipinski definition) is 4. The molecule has 1 atom stereocenters. The van der Waals surface area contributed by atoms with Crippen molar-refractivity contribution < 1.29 is 13.2 Å². The molecule has 124 valence electrons. The van der Waals surface area contributed by atoms with Gasteiger partial charge in [-0.15, -0.1) is 0 Å². The summed E-state index contributed by atoms with van der Waals surface area (Å²) in [5.74, 6) is -0.465. The molecular formula is C15H24N2O4S. The molecule has 6 nitrogen and oxygen atoms in total. The van der Waals surface area contributed by atoms with E-state index in [4.69, 9.17) is 0 Å². The summed E-state index contributed by atoms with van der Waals surface area (Å²) in [6.45, 7) is 3.96. The van der Waals surface area contributed by atoms with Crippen molar-refractivity contribution in [3.8, 4) is 0 Å². The fourth-order valence-corrected chi connectivity index (χ4v) is 2.50. The van der Waals surface area contributed by atoms with Gasteiger partial charge >= 0.3 is 0 Å². The van der Waals surface area contributed by atoms with E-state index in [1.165, 1.54) is 16.8 Å². The Kier molecular flexibility index (Phi) is 6.80. The Labute approximate surface area is 131 Å². The summed E-state index contributed by atoms with van der Waals surface area (Å²) in [5.41, 5.74) is -0.202. The van der Waals surface area contributed by atoms with Gasteiger partial charge in [0.15, 0.2) is 0 Å². The van der Waals surface area contributed by atoms with Crippen molar-refractivity contribution in [3.63, 3.8) is 0 Å². The van der Waals surface area contributed by atoms with Gasteiger partial charge in [0.25, 0.3) is 5.56 Å². The topological polar surface area (TPSA) is 85.2 Å². The van der Waals surface area contributed by atoms with E-state index < -0.39 is 9.84 Å². The minimum Gasteiger partial charge on any atom is -0.321 e. The number of carbonyl (C=O) groups excluding carboxylic acids is 1. The molecule has 0 aliphatic heterocycles. The van der Waals surface area contributed by atoms with E-state index in [0.29, 0.717) is 0 Å². The lowest BCUT2D eigenvalue weighted by Crippen LogP contribution is -2.29. The van der Waals surface area contributed by atoms with Crippen molar-refractivity contribution in [2.75, 3.05) is 17.3 Å². The number of hydrogen-bond donors (Lipinski definition) is 1. The minimum atomic E-state index is -3.15. The van der Waals surface area contributed by atoms with Crippen molar-refractivity contribution in [1.29, 1.82) is 0 Å². The van der Waals surface area contributed by atoms with Crippen molar-refractivity contribution in [1.82, 2.24) is 4.57 Å². The number of unbranched alkanes of at least 4 members (excludes halogenated alkanes) is 1. The smallest absolute Gasteiger partial charge is 0.274 e. The maximum atomic E-state index is 12.2. The number of nitrogens with one attached hydrogen (secondary N) is 1. The average Bonchev–Trinajstić information content (AvgIpc) is 2.44. The molecule has 0 spiro atoms. The molecule has 0 bridgehead atoms. The molecule has 1 rings (SSSR count). The van der Waals surface area contributed by atoms with Crippen LogP contribution in [0.3, 0.4) is 0 Å². The Morgan fingerprint density at radius 2 is 2.09 bits per heavy atom. The number of rotatable bonds is 8. The Morgan fingerprint density at radius 3 is 2.68 bits per heavy atom. The Balaban J connectivity index is 2.80. The Hall–Kier alpha value is -1.63. The molecule has 0 radical (unpaired) electrons. The molecule has 0 aliphatic rings. The molecule has 1 N–H and O–H groups in total. The van der Waals surface area contributed by atoms with E-state index in [9.17, 15) is 18.0 Å². The number of aryl methyl sites for hydroxylation is 1. The lowest BCUT2D eigenvalue weighted by Gasteiger charge is -2.12. The maximum absolute atomic E-state index is 12.2. The molecule has 0 saturated carbocycles. The van der Waals surface area contributed by atoms with Gasteiger partial charge in [-0.2, -0.15) is 0 Å². The first-order valence-electron chi connectivity index (χ1n) is 7.42. The minimum absolute atomic E-state index is 0.0762. The van der Waals surface area contributed by atoms with Gasteiger partial charge in [-0.1, -0.05) is 26.7 Å². The number of nitrogens with zero attached hydrogens (tertiary/aromatic N) is 1. The highest BCUT2D eigenvalue weighted by molar-refractivity contribution is 7.90. The van der Waals surface area contributed by atoms with Gasteiger partial charge < -0.3 is 9.88 Å². The summed E-state index contributed by atoms with van der Waals surface area (Å²) in [6, 6.07) is 3.15. The second kappa shape index (κ2) is 8.12. The van der Waals surface area contributed by atoms with Crippen LogP contribution in [0.1, 0.15) is 33.1 Å². The number of carbonyl (C=O) groups is 1. The zero-order chi connectivity index (χ0) is 16.8. The number of sulfone groups is 1. The Morgan fingerprint density at radius 1 is 1.41 bits per heavy atom. The van der Waals surface area contributed by atoms with Gasteiger partial charge in [0, 0.05) is 24.9 Å². The zero-order valence-corrected chi connectivity index (χ0v) is 14.1. The van der Waals surface area contributed by atoms with Crippen LogP contribution in [0.15, 0.2) is 23.1 Å². The van der Waals surface area contributed by atoms with E-state index in [2.05, 4.69) is 12.2 Å². The third kappa shape index (κ3) is 6.01. The van der Waals surface area contributed by atoms with Crippen LogP contribution in [-0.2, 0) is 21.2 Å². The maximum Gasteiger partial charge on any atom is 0.274 e. The monoisotopic (exact) mass is 328 g/mol. The highest BCUT2D eigenvalue weighted by Gasteiger charge is 2.14. The summed E-state index contributed by atoms with van der Waals surface area (Å²) in [6.07, 6.45) is 5.39. The first kappa shape index (κ1) is 18.4. The molecule has 0 aromatic carbocycles. The first-order chi connectivity index (χ1) is 10.2. The Bertz CT molecular complexity index is 664. The van der Waals surface area contributed by atoms with E-state index in [0.717, 1.165) is 25.5 Å². The molecule has 1 heterocycles. The molecule has 0 aliphatic carbocycles. The van der Waals surface area contributed by atoms with Crippen LogP contribution in [0.5, 0.6) is 0 Å². The highest BCUT2D eigenvalue weighted by Crippen LogP contribution is 2.10. The predicted octanol–water partition coefficient (Wildman–Crippen LogP) is 1.66. The zero-order valence-electron chi connectivity index (χ0n) is 13.3. The summed E-state index contributed by atoms with van der Waals surface area (Å²) in [4.78, 5) is 24.3. The van der Waals surface area contributed by atoms with Gasteiger partial charge in [-0.3, -0.25) is 9.59 Å². The van der Waals surface area contributed by atoms with Crippen LogP contribution in [0.25, 0.3) is 0 Å². The van der Waals surface area contributed by atoms with Crippen LogP contribution >= 0.6 is 0 Å². The SMILES string of the molecule is CCCC[C@@H](C)C(=O)Nc1cccn(CCS(C)(=O)=O)c1=O. The van der Waals surface area contributed by atoms with E-state index in [-0.39, 0.29) is 35.4 Å². The fraction of sp³-hybridized carbons (Fsp3) is 0.600. The first-order valence-corrected chi connectivity index (χ1v) is 9.48. The third-order valence-corrected chi connectivity index (χ3v) is 4.34. The normalized spacial score (nSPS) is 12.9. The van der Waals surface area contributed by atoms with Gasteiger partial charge in [0.2, 0.25) is 5.91 Å². The molecule has 0 fully saturated rings. The van der Waals surface area contributed by atoms with Crippen LogP contribution in [0, 0.1) is 5.92 Å². The van der Waals surface area contributed by atoms with Gasteiger partial charge in [0.05, 0.1) is 5.75 Å². The molecule has 1 amide bonds. The summed E-state index contributed by atoms with van der Waals surface area (Å²) in [7, 11) is -3.15. The second-order valence-corrected chi connectivity index (χ2v) is 7.84. The predicted molar refractivity (Wildman–Crippen MR) is 87.7 cm³/mol. The second-order valence-electron chi connectivity index (χ2n) is 5.58. The van der Waals surface area contributed by atoms with Gasteiger partial charge in [-0.05, 0) is 18.6 Å². The van der Waals surface area contributed by atoms with Crippen molar-refractivity contribution in [3.05, 3.63) is 28.7 Å². The molecule has 7 heteroatoms. The summed E-state index contributed by atoms with van der Waals surface area (Å²) < 4.78 is 23.7. The van der Waals surface area contributed by atoms with Crippen LogP contribution in [0.2, 0.25) is 0 Å². The lowest BCUT2D eigenvalue weighted by atomic mass is 10.0. The van der Waals surface area contributed by atoms with Crippen LogP contribution < -0.4 is 10.9 Å². The fourth-order valence-electron chi connectivity index (χ4n) is 1.97. The van der Waals surface area contributed by atoms with E-state index in [1.807, 2.05) is 6.92 Å². The van der Waals surface area contributed by atoms with Crippen LogP contribution in [-0.4, -0.2) is 30.9 Å². The molecule has 22 heavy (non-hydrogen) atoms. The lowest BCUT2D eigenvalue weighted by molar-refractivity contribution is -0.119. The van der Waals surface area contributed by atoms with Crippen LogP contribution in [0.4, 0.5) is 5.69 Å². The number of anilines is 1. The van der Waals surface area contributed by atoms with Gasteiger partial charge in [-0.25, -0.2) is 8.42 Å². The molecular weight excluding hydrogens is 304 g/mol. The third-order valence-electron chi connectivity index (χ3n) is 3.42. The highest BCUT2D eigenvalue weighted by atomic mass is 32.2. The van der Waals surface area contributed by atoms with Gasteiger partial charge in [0.1, 0.15) is 15.5 Å². The molecule has 1 aromatic heterocycles. The average molecular weight is 328 g/mol. The van der Waals surface area contributed by atoms with E-state index in [1.54, 1.807) is 6.07 Å². The number of pyridine rings is 1. The summed E-state index contributed by atoms with van der Waals surface area (Å²) in [5, 5.41) is 2.63. The van der Waals surface area contributed by atoms with Crippen molar-refractivity contribution in [2.24, 2.45) is 5.92 Å².